The monoisotopic (exact) mass is 375 g/mol. The third-order valence-corrected chi connectivity index (χ3v) is 5.39. The highest BCUT2D eigenvalue weighted by atomic mass is 35.5. The van der Waals surface area contributed by atoms with Gasteiger partial charge in [-0.3, -0.25) is 0 Å². The second kappa shape index (κ2) is 7.61. The van der Waals surface area contributed by atoms with E-state index < -0.39 is 0 Å². The third kappa shape index (κ3) is 4.07. The first-order valence-corrected chi connectivity index (χ1v) is 9.38. The second-order valence-corrected chi connectivity index (χ2v) is 7.39. The molecule has 6 nitrogen and oxygen atoms in total. The van der Waals surface area contributed by atoms with Crippen LogP contribution in [0.25, 0.3) is 0 Å². The van der Waals surface area contributed by atoms with Crippen LogP contribution in [0, 0.1) is 0 Å². The van der Waals surface area contributed by atoms with Crippen LogP contribution in [-0.2, 0) is 17.7 Å². The highest BCUT2D eigenvalue weighted by Crippen LogP contribution is 2.20. The molecule has 0 spiro atoms. The highest BCUT2D eigenvalue weighted by Gasteiger charge is 2.30. The molecule has 1 aliphatic rings. The van der Waals surface area contributed by atoms with Gasteiger partial charge < -0.3 is 10.1 Å². The lowest BCUT2D eigenvalue weighted by Crippen LogP contribution is -2.36. The highest BCUT2D eigenvalue weighted by molar-refractivity contribution is 7.09. The zero-order chi connectivity index (χ0) is 17.1. The number of rotatable bonds is 6. The van der Waals surface area contributed by atoms with Crippen molar-refractivity contribution < 1.29 is 4.74 Å². The number of hydrogen-bond donors (Lipinski definition) is 1. The van der Waals surface area contributed by atoms with Crippen molar-refractivity contribution in [2.45, 2.75) is 25.0 Å². The molecule has 1 aliphatic heterocycles. The predicted octanol–water partition coefficient (Wildman–Crippen LogP) is 2.71. The Morgan fingerprint density at radius 2 is 2.16 bits per heavy atom. The Kier molecular flexibility index (Phi) is 5.07. The number of nitrogens with one attached hydrogen (secondary N) is 1. The Morgan fingerprint density at radius 1 is 1.28 bits per heavy atom. The maximum atomic E-state index is 5.93. The molecule has 3 heterocycles. The van der Waals surface area contributed by atoms with Crippen LogP contribution in [0.2, 0.25) is 5.02 Å². The van der Waals surface area contributed by atoms with E-state index in [0.29, 0.717) is 13.2 Å². The first-order chi connectivity index (χ1) is 12.3. The molecule has 130 valence electrons. The molecule has 1 fully saturated rings. The number of ether oxygens (including phenoxy) is 1. The fourth-order valence-electron chi connectivity index (χ4n) is 2.92. The lowest BCUT2D eigenvalue weighted by atomic mass is 10.1. The van der Waals surface area contributed by atoms with Crippen LogP contribution >= 0.6 is 22.9 Å². The maximum Gasteiger partial charge on any atom is 0.0972 e. The number of hydrogen-bond acceptors (Lipinski definition) is 6. The minimum atomic E-state index is 0.176. The molecular weight excluding hydrogens is 358 g/mol. The normalized spacial score (nSPS) is 20.2. The molecule has 0 amide bonds. The number of aromatic nitrogens is 4. The summed E-state index contributed by atoms with van der Waals surface area (Å²) < 4.78 is 7.45. The fourth-order valence-corrected chi connectivity index (χ4v) is 3.87. The van der Waals surface area contributed by atoms with Crippen LogP contribution in [0.5, 0.6) is 0 Å². The van der Waals surface area contributed by atoms with Gasteiger partial charge in [0.05, 0.1) is 42.2 Å². The second-order valence-electron chi connectivity index (χ2n) is 6.01. The Morgan fingerprint density at radius 3 is 2.96 bits per heavy atom. The van der Waals surface area contributed by atoms with Gasteiger partial charge in [0.25, 0.3) is 0 Å². The summed E-state index contributed by atoms with van der Waals surface area (Å²) in [4.78, 5) is 4.72. The standard InChI is InChI=1S/C17H18ClN5OS/c18-13-3-1-12(2-4-13)7-17-21-14(11-25-17)8-19-15-9-24-10-16(15)23-6-5-20-22-23/h1-6,11,15-16,19H,7-10H2/t15-,16+/m1/s1. The molecule has 0 aliphatic carbocycles. The molecule has 2 aromatic heterocycles. The average Bonchev–Trinajstić information content (AvgIpc) is 3.36. The summed E-state index contributed by atoms with van der Waals surface area (Å²) >= 11 is 7.62. The van der Waals surface area contributed by atoms with Crippen LogP contribution in [0.4, 0.5) is 0 Å². The number of halogens is 1. The molecule has 0 radical (unpaired) electrons. The van der Waals surface area contributed by atoms with E-state index in [1.807, 2.05) is 35.1 Å². The summed E-state index contributed by atoms with van der Waals surface area (Å²) in [7, 11) is 0. The SMILES string of the molecule is Clc1ccc(Cc2nc(CN[C@@H]3COC[C@@H]3n3ccnn3)cs2)cc1. The summed E-state index contributed by atoms with van der Waals surface area (Å²) in [6.07, 6.45) is 4.40. The third-order valence-electron chi connectivity index (χ3n) is 4.24. The van der Waals surface area contributed by atoms with Gasteiger partial charge in [0, 0.05) is 29.6 Å². The Labute approximate surface area is 154 Å². The quantitative estimate of drug-likeness (QED) is 0.717. The number of benzene rings is 1. The predicted molar refractivity (Wildman–Crippen MR) is 96.9 cm³/mol. The van der Waals surface area contributed by atoms with E-state index in [9.17, 15) is 0 Å². The molecule has 0 bridgehead atoms. The Bertz CT molecular complexity index is 805. The van der Waals surface area contributed by atoms with Crippen molar-refractivity contribution in [2.24, 2.45) is 0 Å². The van der Waals surface area contributed by atoms with E-state index in [4.69, 9.17) is 21.3 Å². The molecule has 0 saturated carbocycles. The largest absolute Gasteiger partial charge is 0.377 e. The molecule has 25 heavy (non-hydrogen) atoms. The minimum absolute atomic E-state index is 0.176. The van der Waals surface area contributed by atoms with E-state index in [1.54, 1.807) is 17.5 Å². The van der Waals surface area contributed by atoms with Gasteiger partial charge in [-0.05, 0) is 17.7 Å². The maximum absolute atomic E-state index is 5.93. The van der Waals surface area contributed by atoms with Crippen molar-refractivity contribution >= 4 is 22.9 Å². The summed E-state index contributed by atoms with van der Waals surface area (Å²) in [6.45, 7) is 2.04. The van der Waals surface area contributed by atoms with Gasteiger partial charge >= 0.3 is 0 Å². The molecule has 1 N–H and O–H groups in total. The first-order valence-electron chi connectivity index (χ1n) is 8.12. The molecular formula is C17H18ClN5OS. The Hall–Kier alpha value is -1.80. The molecule has 8 heteroatoms. The van der Waals surface area contributed by atoms with Gasteiger partial charge in [0.2, 0.25) is 0 Å². The van der Waals surface area contributed by atoms with Crippen molar-refractivity contribution in [3.8, 4) is 0 Å². The lowest BCUT2D eigenvalue weighted by molar-refractivity contribution is 0.181. The summed E-state index contributed by atoms with van der Waals surface area (Å²) in [6, 6.07) is 8.30. The zero-order valence-electron chi connectivity index (χ0n) is 13.5. The van der Waals surface area contributed by atoms with Gasteiger partial charge in [-0.1, -0.05) is 28.9 Å². The van der Waals surface area contributed by atoms with E-state index >= 15 is 0 Å². The summed E-state index contributed by atoms with van der Waals surface area (Å²) in [5, 5.41) is 15.5. The van der Waals surface area contributed by atoms with Crippen molar-refractivity contribution in [3.05, 3.63) is 63.3 Å². The van der Waals surface area contributed by atoms with Crippen molar-refractivity contribution in [1.82, 2.24) is 25.3 Å². The van der Waals surface area contributed by atoms with Gasteiger partial charge in [-0.15, -0.1) is 16.4 Å². The average molecular weight is 376 g/mol. The number of thiazole rings is 1. The summed E-state index contributed by atoms with van der Waals surface area (Å²) in [5.41, 5.74) is 2.27. The van der Waals surface area contributed by atoms with E-state index in [2.05, 4.69) is 21.0 Å². The van der Waals surface area contributed by atoms with Gasteiger partial charge in [0.15, 0.2) is 0 Å². The lowest BCUT2D eigenvalue weighted by Gasteiger charge is -2.18. The molecule has 0 unspecified atom stereocenters. The molecule has 2 atom stereocenters. The number of nitrogens with zero attached hydrogens (tertiary/aromatic N) is 4. The smallest absolute Gasteiger partial charge is 0.0972 e. The van der Waals surface area contributed by atoms with Crippen LogP contribution in [0.1, 0.15) is 22.3 Å². The van der Waals surface area contributed by atoms with Crippen molar-refractivity contribution in [1.29, 1.82) is 0 Å². The molecule has 3 aromatic rings. The van der Waals surface area contributed by atoms with Gasteiger partial charge in [0.1, 0.15) is 0 Å². The van der Waals surface area contributed by atoms with Crippen molar-refractivity contribution in [2.75, 3.05) is 13.2 Å². The van der Waals surface area contributed by atoms with Crippen LogP contribution in [0.15, 0.2) is 42.0 Å². The van der Waals surface area contributed by atoms with Crippen molar-refractivity contribution in [3.63, 3.8) is 0 Å². The topological polar surface area (TPSA) is 64.9 Å². The molecule has 1 saturated heterocycles. The summed E-state index contributed by atoms with van der Waals surface area (Å²) in [5.74, 6) is 0. The molecule has 4 rings (SSSR count). The minimum Gasteiger partial charge on any atom is -0.377 e. The fraction of sp³-hybridized carbons (Fsp3) is 0.353. The van der Waals surface area contributed by atoms with E-state index in [0.717, 1.165) is 28.7 Å². The first kappa shape index (κ1) is 16.7. The zero-order valence-corrected chi connectivity index (χ0v) is 15.1. The van der Waals surface area contributed by atoms with Crippen LogP contribution < -0.4 is 5.32 Å². The van der Waals surface area contributed by atoms with Gasteiger partial charge in [-0.25, -0.2) is 9.67 Å². The van der Waals surface area contributed by atoms with Crippen LogP contribution in [-0.4, -0.2) is 39.2 Å². The van der Waals surface area contributed by atoms with Crippen LogP contribution in [0.3, 0.4) is 0 Å². The Balaban J connectivity index is 1.34. The van der Waals surface area contributed by atoms with Gasteiger partial charge in [-0.2, -0.15) is 0 Å². The van der Waals surface area contributed by atoms with E-state index in [1.165, 1.54) is 5.56 Å². The molecule has 1 aromatic carbocycles. The van der Waals surface area contributed by atoms with E-state index in [-0.39, 0.29) is 12.1 Å².